The molecule has 1 unspecified atom stereocenters. The summed E-state index contributed by atoms with van der Waals surface area (Å²) < 4.78 is 0. The smallest absolute Gasteiger partial charge is 0.0468 e. The molecule has 0 aliphatic carbocycles. The summed E-state index contributed by atoms with van der Waals surface area (Å²) >= 11 is 0. The second kappa shape index (κ2) is 3.35. The van der Waals surface area contributed by atoms with Crippen LogP contribution in [0.4, 0.5) is 0 Å². The summed E-state index contributed by atoms with van der Waals surface area (Å²) in [5, 5.41) is 2.51. The first-order chi connectivity index (χ1) is 7.77. The Kier molecular flexibility index (Phi) is 1.98. The lowest BCUT2D eigenvalue weighted by Gasteiger charge is -2.07. The molecule has 0 bridgehead atoms. The van der Waals surface area contributed by atoms with E-state index in [0.29, 0.717) is 0 Å². The fourth-order valence-corrected chi connectivity index (χ4v) is 2.31. The Morgan fingerprint density at radius 1 is 1.00 bits per heavy atom. The number of benzene rings is 2. The van der Waals surface area contributed by atoms with Crippen LogP contribution in [0.1, 0.15) is 18.5 Å². The molecule has 0 aliphatic rings. The van der Waals surface area contributed by atoms with E-state index in [0.717, 1.165) is 5.52 Å². The summed E-state index contributed by atoms with van der Waals surface area (Å²) in [6.07, 6.45) is 0. The number of hydrogen-bond donors (Lipinski definition) is 2. The van der Waals surface area contributed by atoms with Crippen LogP contribution < -0.4 is 5.73 Å². The molecule has 0 fully saturated rings. The van der Waals surface area contributed by atoms with Crippen LogP contribution in [0.2, 0.25) is 0 Å². The molecule has 0 saturated carbocycles. The molecule has 0 saturated heterocycles. The Morgan fingerprint density at radius 2 is 1.75 bits per heavy atom. The summed E-state index contributed by atoms with van der Waals surface area (Å²) in [6.45, 7) is 2.02. The van der Waals surface area contributed by atoms with Crippen LogP contribution >= 0.6 is 0 Å². The Balaban J connectivity index is 2.53. The number of nitrogens with one attached hydrogen (secondary N) is 1. The molecule has 3 N–H and O–H groups in total. The molecule has 2 nitrogen and oxygen atoms in total. The van der Waals surface area contributed by atoms with E-state index in [9.17, 15) is 0 Å². The second-order valence-corrected chi connectivity index (χ2v) is 4.23. The van der Waals surface area contributed by atoms with Gasteiger partial charge in [0.1, 0.15) is 0 Å². The highest BCUT2D eigenvalue weighted by Crippen LogP contribution is 2.30. The van der Waals surface area contributed by atoms with E-state index in [1.54, 1.807) is 0 Å². The molecule has 3 aromatic rings. The number of rotatable bonds is 1. The van der Waals surface area contributed by atoms with Gasteiger partial charge in [-0.05, 0) is 24.6 Å². The Morgan fingerprint density at radius 3 is 2.56 bits per heavy atom. The van der Waals surface area contributed by atoms with Gasteiger partial charge >= 0.3 is 0 Å². The molecule has 3 rings (SSSR count). The van der Waals surface area contributed by atoms with Crippen molar-refractivity contribution >= 4 is 21.8 Å². The largest absolute Gasteiger partial charge is 0.355 e. The zero-order valence-corrected chi connectivity index (χ0v) is 9.20. The molecule has 1 heterocycles. The van der Waals surface area contributed by atoms with Gasteiger partial charge in [-0.25, -0.2) is 0 Å². The van der Waals surface area contributed by atoms with Gasteiger partial charge in [0.05, 0.1) is 0 Å². The Bertz CT molecular complexity index is 650. The molecule has 2 aromatic carbocycles. The molecule has 0 spiro atoms. The highest BCUT2D eigenvalue weighted by atomic mass is 14.7. The number of fused-ring (bicyclic) bond motifs is 3. The Hall–Kier alpha value is -1.80. The van der Waals surface area contributed by atoms with E-state index in [1.807, 2.05) is 13.0 Å². The van der Waals surface area contributed by atoms with Crippen molar-refractivity contribution in [1.82, 2.24) is 4.98 Å². The minimum absolute atomic E-state index is 0.0582. The van der Waals surface area contributed by atoms with Crippen LogP contribution in [0.3, 0.4) is 0 Å². The van der Waals surface area contributed by atoms with E-state index in [4.69, 9.17) is 5.73 Å². The van der Waals surface area contributed by atoms with Crippen molar-refractivity contribution in [1.29, 1.82) is 0 Å². The number of nitrogens with two attached hydrogens (primary N) is 1. The lowest BCUT2D eigenvalue weighted by Crippen LogP contribution is -2.04. The van der Waals surface area contributed by atoms with Gasteiger partial charge in [0.15, 0.2) is 0 Å². The number of H-pyrrole nitrogens is 1. The van der Waals surface area contributed by atoms with Crippen LogP contribution in [0.15, 0.2) is 42.5 Å². The van der Waals surface area contributed by atoms with E-state index >= 15 is 0 Å². The first-order valence-electron chi connectivity index (χ1n) is 5.52. The van der Waals surface area contributed by atoms with Crippen LogP contribution in [-0.2, 0) is 0 Å². The molecular weight excluding hydrogens is 196 g/mol. The number of para-hydroxylation sites is 1. The molecule has 0 aliphatic heterocycles. The highest BCUT2D eigenvalue weighted by molar-refractivity contribution is 6.09. The average Bonchev–Trinajstić information content (AvgIpc) is 2.66. The fraction of sp³-hybridized carbons (Fsp3) is 0.143. The molecule has 2 heteroatoms. The van der Waals surface area contributed by atoms with Crippen molar-refractivity contribution in [2.24, 2.45) is 5.73 Å². The summed E-state index contributed by atoms with van der Waals surface area (Å²) in [5.74, 6) is 0. The SMILES string of the molecule is CC(N)c1cccc2[nH]c3ccccc3c12. The second-order valence-electron chi connectivity index (χ2n) is 4.23. The third-order valence-corrected chi connectivity index (χ3v) is 3.05. The summed E-state index contributed by atoms with van der Waals surface area (Å²) in [6, 6.07) is 14.7. The predicted octanol–water partition coefficient (Wildman–Crippen LogP) is 3.34. The topological polar surface area (TPSA) is 41.8 Å². The third kappa shape index (κ3) is 1.24. The number of aromatic nitrogens is 1. The van der Waals surface area contributed by atoms with Crippen molar-refractivity contribution < 1.29 is 0 Å². The average molecular weight is 210 g/mol. The quantitative estimate of drug-likeness (QED) is 0.635. The summed E-state index contributed by atoms with van der Waals surface area (Å²) in [5.41, 5.74) is 9.55. The lowest BCUT2D eigenvalue weighted by atomic mass is 10.0. The first kappa shape index (κ1) is 9.43. The van der Waals surface area contributed by atoms with E-state index in [1.165, 1.54) is 21.9 Å². The minimum atomic E-state index is 0.0582. The monoisotopic (exact) mass is 210 g/mol. The van der Waals surface area contributed by atoms with Crippen LogP contribution in [0.5, 0.6) is 0 Å². The molecular formula is C14H14N2. The summed E-state index contributed by atoms with van der Waals surface area (Å²) in [4.78, 5) is 3.42. The van der Waals surface area contributed by atoms with Crippen LogP contribution in [0, 0.1) is 0 Å². The van der Waals surface area contributed by atoms with Crippen LogP contribution in [-0.4, -0.2) is 4.98 Å². The molecule has 16 heavy (non-hydrogen) atoms. The molecule has 80 valence electrons. The van der Waals surface area contributed by atoms with Gasteiger partial charge in [-0.15, -0.1) is 0 Å². The van der Waals surface area contributed by atoms with Crippen LogP contribution in [0.25, 0.3) is 21.8 Å². The molecule has 0 radical (unpaired) electrons. The molecule has 1 aromatic heterocycles. The molecule has 1 atom stereocenters. The predicted molar refractivity (Wildman–Crippen MR) is 68.4 cm³/mol. The van der Waals surface area contributed by atoms with Crippen molar-refractivity contribution in [3.8, 4) is 0 Å². The molecule has 0 amide bonds. The fourth-order valence-electron chi connectivity index (χ4n) is 2.31. The summed E-state index contributed by atoms with van der Waals surface area (Å²) in [7, 11) is 0. The van der Waals surface area contributed by atoms with Gasteiger partial charge in [-0.2, -0.15) is 0 Å². The van der Waals surface area contributed by atoms with Gasteiger partial charge < -0.3 is 10.7 Å². The maximum absolute atomic E-state index is 6.02. The van der Waals surface area contributed by atoms with E-state index < -0.39 is 0 Å². The van der Waals surface area contributed by atoms with E-state index in [2.05, 4.69) is 41.4 Å². The van der Waals surface area contributed by atoms with Gasteiger partial charge in [-0.1, -0.05) is 30.3 Å². The Labute approximate surface area is 94.1 Å². The van der Waals surface area contributed by atoms with Crippen molar-refractivity contribution in [3.63, 3.8) is 0 Å². The normalized spacial score (nSPS) is 13.4. The van der Waals surface area contributed by atoms with Gasteiger partial charge in [0.25, 0.3) is 0 Å². The maximum atomic E-state index is 6.02. The van der Waals surface area contributed by atoms with E-state index in [-0.39, 0.29) is 6.04 Å². The van der Waals surface area contributed by atoms with Crippen molar-refractivity contribution in [2.45, 2.75) is 13.0 Å². The van der Waals surface area contributed by atoms with Gasteiger partial charge in [0, 0.05) is 27.8 Å². The number of hydrogen-bond acceptors (Lipinski definition) is 1. The number of aromatic amines is 1. The minimum Gasteiger partial charge on any atom is -0.355 e. The third-order valence-electron chi connectivity index (χ3n) is 3.05. The zero-order valence-electron chi connectivity index (χ0n) is 9.20. The van der Waals surface area contributed by atoms with Crippen molar-refractivity contribution in [3.05, 3.63) is 48.0 Å². The standard InChI is InChI=1S/C14H14N2/c1-9(15)10-6-4-8-13-14(10)11-5-2-3-7-12(11)16-13/h2-9,16H,15H2,1H3. The maximum Gasteiger partial charge on any atom is 0.0468 e. The first-order valence-corrected chi connectivity index (χ1v) is 5.52. The highest BCUT2D eigenvalue weighted by Gasteiger charge is 2.10. The van der Waals surface area contributed by atoms with Gasteiger partial charge in [0.2, 0.25) is 0 Å². The van der Waals surface area contributed by atoms with Gasteiger partial charge in [-0.3, -0.25) is 0 Å². The lowest BCUT2D eigenvalue weighted by molar-refractivity contribution is 0.827. The zero-order chi connectivity index (χ0) is 11.1. The van der Waals surface area contributed by atoms with Crippen molar-refractivity contribution in [2.75, 3.05) is 0 Å².